The molecule has 0 aromatic carbocycles. The lowest BCUT2D eigenvalue weighted by atomic mass is 9.95. The predicted molar refractivity (Wildman–Crippen MR) is 63.7 cm³/mol. The number of nitrogen functional groups attached to an aromatic ring is 1. The first-order valence-corrected chi connectivity index (χ1v) is 5.41. The minimum Gasteiger partial charge on any atom is -0.396 e. The summed E-state index contributed by atoms with van der Waals surface area (Å²) in [6.07, 6.45) is 3.26. The van der Waals surface area contributed by atoms with Gasteiger partial charge in [0.05, 0.1) is 10.2 Å². The van der Waals surface area contributed by atoms with Crippen LogP contribution < -0.4 is 11.2 Å². The Kier molecular flexibility index (Phi) is 3.57. The first-order valence-electron chi connectivity index (χ1n) is 4.62. The molecule has 0 amide bonds. The standard InChI is InChI=1S/C10H15BrN2O2/c1-10(2,6-14)5-13-3-7(11)9(15)8(12)4-13/h3-4,14H,5-6,12H2,1-2H3. The molecule has 1 heterocycles. The van der Waals surface area contributed by atoms with Crippen molar-refractivity contribution in [2.24, 2.45) is 5.41 Å². The normalized spacial score (nSPS) is 11.7. The zero-order chi connectivity index (χ0) is 11.6. The number of halogens is 1. The smallest absolute Gasteiger partial charge is 0.218 e. The Bertz CT molecular complexity index is 386. The number of hydrogen-bond donors (Lipinski definition) is 2. The van der Waals surface area contributed by atoms with E-state index in [2.05, 4.69) is 15.9 Å². The summed E-state index contributed by atoms with van der Waals surface area (Å²) in [5, 5.41) is 9.13. The Labute approximate surface area is 96.8 Å². The van der Waals surface area contributed by atoms with Gasteiger partial charge in [0.2, 0.25) is 5.43 Å². The van der Waals surface area contributed by atoms with Crippen molar-refractivity contribution < 1.29 is 5.11 Å². The van der Waals surface area contributed by atoms with Crippen molar-refractivity contribution in [3.8, 4) is 0 Å². The summed E-state index contributed by atoms with van der Waals surface area (Å²) in [5.41, 5.74) is 5.33. The Morgan fingerprint density at radius 2 is 2.13 bits per heavy atom. The van der Waals surface area contributed by atoms with Crippen LogP contribution in [0, 0.1) is 5.41 Å². The summed E-state index contributed by atoms with van der Waals surface area (Å²) >= 11 is 3.15. The van der Waals surface area contributed by atoms with Crippen molar-refractivity contribution in [1.82, 2.24) is 4.57 Å². The minimum absolute atomic E-state index is 0.0800. The highest BCUT2D eigenvalue weighted by atomic mass is 79.9. The molecule has 1 rings (SSSR count). The first-order chi connectivity index (χ1) is 6.85. The highest BCUT2D eigenvalue weighted by Gasteiger charge is 2.17. The second-order valence-corrected chi connectivity index (χ2v) is 5.24. The zero-order valence-corrected chi connectivity index (χ0v) is 10.4. The van der Waals surface area contributed by atoms with Gasteiger partial charge in [0.1, 0.15) is 0 Å². The Morgan fingerprint density at radius 3 is 2.60 bits per heavy atom. The molecule has 0 aliphatic carbocycles. The molecule has 0 aliphatic rings. The molecule has 0 aliphatic heterocycles. The molecule has 84 valence electrons. The Hall–Kier alpha value is -0.810. The maximum absolute atomic E-state index is 11.3. The van der Waals surface area contributed by atoms with Crippen LogP contribution in [0.25, 0.3) is 0 Å². The zero-order valence-electron chi connectivity index (χ0n) is 8.83. The lowest BCUT2D eigenvalue weighted by Crippen LogP contribution is -2.25. The van der Waals surface area contributed by atoms with E-state index in [1.165, 1.54) is 0 Å². The number of nitrogens with zero attached hydrogens (tertiary/aromatic N) is 1. The number of nitrogens with two attached hydrogens (primary N) is 1. The van der Waals surface area contributed by atoms with Crippen LogP contribution in [0.15, 0.2) is 21.7 Å². The summed E-state index contributed by atoms with van der Waals surface area (Å²) in [5.74, 6) is 0. The summed E-state index contributed by atoms with van der Waals surface area (Å²) in [6, 6.07) is 0. The molecule has 0 saturated heterocycles. The van der Waals surface area contributed by atoms with Crippen molar-refractivity contribution in [1.29, 1.82) is 0 Å². The minimum atomic E-state index is -0.235. The lowest BCUT2D eigenvalue weighted by Gasteiger charge is -2.23. The molecular formula is C10H15BrN2O2. The van der Waals surface area contributed by atoms with Crippen molar-refractivity contribution in [3.63, 3.8) is 0 Å². The second-order valence-electron chi connectivity index (χ2n) is 4.39. The van der Waals surface area contributed by atoms with E-state index in [4.69, 9.17) is 10.8 Å². The number of anilines is 1. The van der Waals surface area contributed by atoms with Gasteiger partial charge < -0.3 is 15.4 Å². The lowest BCUT2D eigenvalue weighted by molar-refractivity contribution is 0.140. The Morgan fingerprint density at radius 1 is 1.53 bits per heavy atom. The Balaban J connectivity index is 3.03. The van der Waals surface area contributed by atoms with Crippen LogP contribution in [0.1, 0.15) is 13.8 Å². The molecule has 1 aromatic heterocycles. The van der Waals surface area contributed by atoms with E-state index in [0.717, 1.165) is 0 Å². The van der Waals surface area contributed by atoms with Gasteiger partial charge in [0, 0.05) is 31.0 Å². The van der Waals surface area contributed by atoms with Crippen LogP contribution in [0.3, 0.4) is 0 Å². The third-order valence-electron chi connectivity index (χ3n) is 2.10. The molecule has 3 N–H and O–H groups in total. The van der Waals surface area contributed by atoms with Crippen molar-refractivity contribution >= 4 is 21.6 Å². The average Bonchev–Trinajstić information content (AvgIpc) is 2.13. The van der Waals surface area contributed by atoms with Gasteiger partial charge in [-0.1, -0.05) is 13.8 Å². The fraction of sp³-hybridized carbons (Fsp3) is 0.500. The number of aliphatic hydroxyl groups excluding tert-OH is 1. The number of pyridine rings is 1. The van der Waals surface area contributed by atoms with Crippen molar-refractivity contribution in [2.45, 2.75) is 20.4 Å². The third kappa shape index (κ3) is 3.07. The predicted octanol–water partition coefficient (Wildman–Crippen LogP) is 1.21. The SMILES string of the molecule is CC(C)(CO)Cn1cc(N)c(=O)c(Br)c1. The molecule has 0 fully saturated rings. The van der Waals surface area contributed by atoms with Crippen LogP contribution in [-0.4, -0.2) is 16.3 Å². The van der Waals surface area contributed by atoms with Crippen LogP contribution >= 0.6 is 15.9 Å². The van der Waals surface area contributed by atoms with Crippen LogP contribution in [-0.2, 0) is 6.54 Å². The van der Waals surface area contributed by atoms with Crippen LogP contribution in [0.2, 0.25) is 0 Å². The second kappa shape index (κ2) is 4.37. The largest absolute Gasteiger partial charge is 0.396 e. The maximum Gasteiger partial charge on any atom is 0.218 e. The molecular weight excluding hydrogens is 260 g/mol. The molecule has 1 aromatic rings. The molecule has 0 spiro atoms. The number of aliphatic hydroxyl groups is 1. The van der Waals surface area contributed by atoms with Gasteiger partial charge in [-0.05, 0) is 15.9 Å². The van der Waals surface area contributed by atoms with E-state index in [1.54, 1.807) is 17.0 Å². The van der Waals surface area contributed by atoms with Crippen molar-refractivity contribution in [2.75, 3.05) is 12.3 Å². The monoisotopic (exact) mass is 274 g/mol. The van der Waals surface area contributed by atoms with E-state index < -0.39 is 0 Å². The van der Waals surface area contributed by atoms with Gasteiger partial charge in [-0.3, -0.25) is 4.79 Å². The molecule has 0 bridgehead atoms. The highest BCUT2D eigenvalue weighted by Crippen LogP contribution is 2.18. The highest BCUT2D eigenvalue weighted by molar-refractivity contribution is 9.10. The quantitative estimate of drug-likeness (QED) is 0.871. The fourth-order valence-corrected chi connectivity index (χ4v) is 1.74. The summed E-state index contributed by atoms with van der Waals surface area (Å²) in [6.45, 7) is 4.56. The van der Waals surface area contributed by atoms with E-state index >= 15 is 0 Å². The van der Waals surface area contributed by atoms with Gasteiger partial charge in [-0.25, -0.2) is 0 Å². The molecule has 0 radical (unpaired) electrons. The van der Waals surface area contributed by atoms with Gasteiger partial charge in [-0.2, -0.15) is 0 Å². The molecule has 15 heavy (non-hydrogen) atoms. The van der Waals surface area contributed by atoms with Crippen LogP contribution in [0.5, 0.6) is 0 Å². The van der Waals surface area contributed by atoms with Gasteiger partial charge in [0.25, 0.3) is 0 Å². The topological polar surface area (TPSA) is 68.2 Å². The average molecular weight is 275 g/mol. The van der Waals surface area contributed by atoms with Gasteiger partial charge in [0.15, 0.2) is 0 Å². The molecule has 4 nitrogen and oxygen atoms in total. The van der Waals surface area contributed by atoms with Crippen molar-refractivity contribution in [3.05, 3.63) is 27.1 Å². The summed E-state index contributed by atoms with van der Waals surface area (Å²) < 4.78 is 2.24. The summed E-state index contributed by atoms with van der Waals surface area (Å²) in [7, 11) is 0. The van der Waals surface area contributed by atoms with E-state index in [0.29, 0.717) is 11.0 Å². The number of hydrogen-bond acceptors (Lipinski definition) is 3. The van der Waals surface area contributed by atoms with E-state index in [1.807, 2.05) is 13.8 Å². The van der Waals surface area contributed by atoms with E-state index in [-0.39, 0.29) is 23.1 Å². The first kappa shape index (κ1) is 12.3. The fourth-order valence-electron chi connectivity index (χ4n) is 1.25. The number of aromatic nitrogens is 1. The molecule has 0 saturated carbocycles. The molecule has 5 heteroatoms. The molecule has 0 unspecified atom stereocenters. The summed E-state index contributed by atoms with van der Waals surface area (Å²) in [4.78, 5) is 11.3. The van der Waals surface area contributed by atoms with E-state index in [9.17, 15) is 4.79 Å². The van der Waals surface area contributed by atoms with Gasteiger partial charge >= 0.3 is 0 Å². The van der Waals surface area contributed by atoms with Crippen LogP contribution in [0.4, 0.5) is 5.69 Å². The number of rotatable bonds is 3. The van der Waals surface area contributed by atoms with Gasteiger partial charge in [-0.15, -0.1) is 0 Å². The maximum atomic E-state index is 11.3. The molecule has 0 atom stereocenters. The third-order valence-corrected chi connectivity index (χ3v) is 2.67.